The summed E-state index contributed by atoms with van der Waals surface area (Å²) in [6.07, 6.45) is 1.72. The van der Waals surface area contributed by atoms with Crippen molar-refractivity contribution in [2.24, 2.45) is 0 Å². The monoisotopic (exact) mass is 266 g/mol. The van der Waals surface area contributed by atoms with E-state index in [4.69, 9.17) is 4.74 Å². The molecule has 3 nitrogen and oxygen atoms in total. The zero-order valence-corrected chi connectivity index (χ0v) is 11.3. The maximum atomic E-state index is 12.2. The van der Waals surface area contributed by atoms with Crippen LogP contribution in [0, 0.1) is 13.8 Å². The lowest BCUT2D eigenvalue weighted by Crippen LogP contribution is -1.99. The first-order valence-corrected chi connectivity index (χ1v) is 6.40. The predicted molar refractivity (Wildman–Crippen MR) is 77.0 cm³/mol. The van der Waals surface area contributed by atoms with Crippen LogP contribution in [-0.4, -0.2) is 10.9 Å². The maximum Gasteiger partial charge on any atom is 0.235 e. The van der Waals surface area contributed by atoms with E-state index in [2.05, 4.69) is 6.07 Å². The van der Waals surface area contributed by atoms with E-state index >= 15 is 0 Å². The van der Waals surface area contributed by atoms with Gasteiger partial charge in [-0.1, -0.05) is 29.8 Å². The summed E-state index contributed by atoms with van der Waals surface area (Å²) in [6.45, 7) is 4.01. The number of hydrogen-bond donors (Lipinski definition) is 1. The van der Waals surface area contributed by atoms with Crippen LogP contribution in [0.15, 0.2) is 42.2 Å². The smallest absolute Gasteiger partial charge is 0.235 e. The van der Waals surface area contributed by atoms with Crippen molar-refractivity contribution < 1.29 is 14.6 Å². The Hall–Kier alpha value is -2.55. The number of phenols is 1. The van der Waals surface area contributed by atoms with E-state index in [-0.39, 0.29) is 22.9 Å². The van der Waals surface area contributed by atoms with Crippen LogP contribution in [0.4, 0.5) is 0 Å². The molecule has 0 fully saturated rings. The normalized spacial score (nSPS) is 15.3. The molecule has 1 aliphatic rings. The first-order chi connectivity index (χ1) is 9.56. The molecule has 0 saturated carbocycles. The van der Waals surface area contributed by atoms with Gasteiger partial charge in [0.25, 0.3) is 0 Å². The molecule has 0 aromatic heterocycles. The number of benzene rings is 2. The van der Waals surface area contributed by atoms with Crippen LogP contribution in [0.2, 0.25) is 0 Å². The molecule has 0 atom stereocenters. The quantitative estimate of drug-likeness (QED) is 0.802. The highest BCUT2D eigenvalue weighted by atomic mass is 16.5. The lowest BCUT2D eigenvalue weighted by Gasteiger charge is -2.03. The fraction of sp³-hybridized carbons (Fsp3) is 0.118. The molecule has 0 amide bonds. The molecule has 0 aliphatic carbocycles. The van der Waals surface area contributed by atoms with Crippen molar-refractivity contribution >= 4 is 11.9 Å². The van der Waals surface area contributed by atoms with Gasteiger partial charge in [-0.2, -0.15) is 0 Å². The van der Waals surface area contributed by atoms with Gasteiger partial charge in [-0.25, -0.2) is 0 Å². The van der Waals surface area contributed by atoms with Gasteiger partial charge < -0.3 is 9.84 Å². The number of fused-ring (bicyclic) bond motifs is 1. The Morgan fingerprint density at radius 1 is 1.15 bits per heavy atom. The van der Waals surface area contributed by atoms with Crippen LogP contribution in [0.5, 0.6) is 11.5 Å². The minimum absolute atomic E-state index is 0.0449. The molecule has 3 heteroatoms. The van der Waals surface area contributed by atoms with Gasteiger partial charge in [-0.3, -0.25) is 4.79 Å². The summed E-state index contributed by atoms with van der Waals surface area (Å²) in [5.41, 5.74) is 3.42. The van der Waals surface area contributed by atoms with Crippen LogP contribution in [0.1, 0.15) is 27.0 Å². The number of aryl methyl sites for hydroxylation is 2. The third kappa shape index (κ3) is 1.97. The molecule has 0 unspecified atom stereocenters. The molecular formula is C17H14O3. The van der Waals surface area contributed by atoms with E-state index in [1.54, 1.807) is 18.2 Å². The average molecular weight is 266 g/mol. The minimum atomic E-state index is -0.280. The van der Waals surface area contributed by atoms with Gasteiger partial charge in [0, 0.05) is 0 Å². The lowest BCUT2D eigenvalue weighted by atomic mass is 10.0. The molecule has 1 heterocycles. The fourth-order valence-corrected chi connectivity index (χ4v) is 2.34. The minimum Gasteiger partial charge on any atom is -0.507 e. The second-order valence-corrected chi connectivity index (χ2v) is 4.95. The number of ether oxygens (including phenoxy) is 1. The number of rotatable bonds is 1. The largest absolute Gasteiger partial charge is 0.507 e. The highest BCUT2D eigenvalue weighted by molar-refractivity contribution is 6.16. The molecule has 100 valence electrons. The molecule has 0 radical (unpaired) electrons. The molecule has 3 rings (SSSR count). The molecular weight excluding hydrogens is 252 g/mol. The number of carbonyl (C=O) groups is 1. The second kappa shape index (κ2) is 4.53. The van der Waals surface area contributed by atoms with Crippen molar-refractivity contribution in [1.29, 1.82) is 0 Å². The number of aromatic hydroxyl groups is 1. The number of allylic oxidation sites excluding steroid dienone is 1. The van der Waals surface area contributed by atoms with Crippen molar-refractivity contribution in [1.82, 2.24) is 0 Å². The highest BCUT2D eigenvalue weighted by Gasteiger charge is 2.30. The maximum absolute atomic E-state index is 12.2. The first kappa shape index (κ1) is 12.5. The topological polar surface area (TPSA) is 46.5 Å². The van der Waals surface area contributed by atoms with E-state index in [1.807, 2.05) is 26.0 Å². The fourth-order valence-electron chi connectivity index (χ4n) is 2.34. The third-order valence-corrected chi connectivity index (χ3v) is 3.39. The number of Topliss-reactive ketones (excluding diaryl/α,β-unsaturated/α-hetero) is 1. The zero-order chi connectivity index (χ0) is 14.3. The van der Waals surface area contributed by atoms with Crippen molar-refractivity contribution in [3.63, 3.8) is 0 Å². The first-order valence-electron chi connectivity index (χ1n) is 6.40. The summed E-state index contributed by atoms with van der Waals surface area (Å²) >= 11 is 0. The lowest BCUT2D eigenvalue weighted by molar-refractivity contribution is 0.101. The molecule has 0 saturated heterocycles. The summed E-state index contributed by atoms with van der Waals surface area (Å²) < 4.78 is 5.54. The van der Waals surface area contributed by atoms with Gasteiger partial charge in [-0.15, -0.1) is 0 Å². The van der Waals surface area contributed by atoms with Crippen LogP contribution in [-0.2, 0) is 0 Å². The molecule has 20 heavy (non-hydrogen) atoms. The van der Waals surface area contributed by atoms with E-state index in [0.717, 1.165) is 11.1 Å². The van der Waals surface area contributed by atoms with Crippen LogP contribution < -0.4 is 4.74 Å². The van der Waals surface area contributed by atoms with Crippen molar-refractivity contribution in [2.45, 2.75) is 13.8 Å². The van der Waals surface area contributed by atoms with Gasteiger partial charge in [0.05, 0.1) is 0 Å². The average Bonchev–Trinajstić information content (AvgIpc) is 2.71. The summed E-state index contributed by atoms with van der Waals surface area (Å²) in [6, 6.07) is 10.8. The summed E-state index contributed by atoms with van der Waals surface area (Å²) in [4.78, 5) is 12.2. The number of phenolic OH excluding ortho intramolecular Hbond substituents is 1. The standard InChI is InChI=1S/C17H14O3/c1-10-6-7-12(11(2)8-10)9-15-17(19)16-13(18)4-3-5-14(16)20-15/h3-9,18H,1-2H3/b15-9-. The molecule has 1 N–H and O–H groups in total. The van der Waals surface area contributed by atoms with Crippen LogP contribution in [0.25, 0.3) is 6.08 Å². The van der Waals surface area contributed by atoms with Gasteiger partial charge >= 0.3 is 0 Å². The molecule has 1 aliphatic heterocycles. The number of ketones is 1. The Kier molecular flexibility index (Phi) is 2.83. The Balaban J connectivity index is 2.04. The van der Waals surface area contributed by atoms with Crippen molar-refractivity contribution in [2.75, 3.05) is 0 Å². The Labute approximate surface area is 117 Å². The molecule has 2 aromatic rings. The highest BCUT2D eigenvalue weighted by Crippen LogP contribution is 2.37. The molecule has 0 spiro atoms. The molecule has 2 aromatic carbocycles. The van der Waals surface area contributed by atoms with E-state index in [9.17, 15) is 9.90 Å². The van der Waals surface area contributed by atoms with Crippen LogP contribution >= 0.6 is 0 Å². The Morgan fingerprint density at radius 3 is 2.65 bits per heavy atom. The van der Waals surface area contributed by atoms with E-state index in [1.165, 1.54) is 11.6 Å². The summed E-state index contributed by atoms with van der Waals surface area (Å²) in [5, 5.41) is 9.75. The van der Waals surface area contributed by atoms with Crippen molar-refractivity contribution in [3.05, 3.63) is 64.4 Å². The van der Waals surface area contributed by atoms with Gasteiger partial charge in [0.1, 0.15) is 17.1 Å². The third-order valence-electron chi connectivity index (χ3n) is 3.39. The number of hydrogen-bond acceptors (Lipinski definition) is 3. The second-order valence-electron chi connectivity index (χ2n) is 4.95. The Morgan fingerprint density at radius 2 is 1.95 bits per heavy atom. The molecule has 0 bridgehead atoms. The van der Waals surface area contributed by atoms with Crippen molar-refractivity contribution in [3.8, 4) is 11.5 Å². The van der Waals surface area contributed by atoms with Gasteiger partial charge in [0.2, 0.25) is 5.78 Å². The van der Waals surface area contributed by atoms with Gasteiger partial charge in [-0.05, 0) is 43.2 Å². The van der Waals surface area contributed by atoms with Gasteiger partial charge in [0.15, 0.2) is 5.76 Å². The van der Waals surface area contributed by atoms with Crippen LogP contribution in [0.3, 0.4) is 0 Å². The van der Waals surface area contributed by atoms with E-state index < -0.39 is 0 Å². The van der Waals surface area contributed by atoms with E-state index in [0.29, 0.717) is 5.75 Å². The summed E-state index contributed by atoms with van der Waals surface area (Å²) in [5.74, 6) is 0.328. The SMILES string of the molecule is Cc1ccc(/C=C2\Oc3cccc(O)c3C2=O)c(C)c1. The number of carbonyl (C=O) groups excluding carboxylic acids is 1. The Bertz CT molecular complexity index is 742. The summed E-state index contributed by atoms with van der Waals surface area (Å²) in [7, 11) is 0. The zero-order valence-electron chi connectivity index (χ0n) is 11.3. The predicted octanol–water partition coefficient (Wildman–Crippen LogP) is 3.63.